The van der Waals surface area contributed by atoms with E-state index in [0.29, 0.717) is 11.5 Å². The van der Waals surface area contributed by atoms with Crippen LogP contribution in [0.4, 0.5) is 0 Å². The number of aliphatic hydroxyl groups excluding tert-OH is 1. The van der Waals surface area contributed by atoms with Crippen LogP contribution in [0.2, 0.25) is 0 Å². The molecule has 0 saturated heterocycles. The molecule has 0 aliphatic heterocycles. The van der Waals surface area contributed by atoms with Crippen molar-refractivity contribution in [2.45, 2.75) is 6.61 Å². The first-order chi connectivity index (χ1) is 12.3. The Morgan fingerprint density at radius 1 is 1.00 bits per heavy atom. The smallest absolute Gasteiger partial charge is 0.161 e. The summed E-state index contributed by atoms with van der Waals surface area (Å²) in [5.41, 5.74) is 2.53. The number of benzene rings is 1. The maximum Gasteiger partial charge on any atom is 0.161 e. The summed E-state index contributed by atoms with van der Waals surface area (Å²) in [5.74, 6) is 2.02. The fraction of sp³-hybridized carbons (Fsp3) is 0.0500. The van der Waals surface area contributed by atoms with Gasteiger partial charge in [0.1, 0.15) is 29.5 Å². The molecule has 0 unspecified atom stereocenters. The number of hydrogen-bond acceptors (Lipinski definition) is 4. The van der Waals surface area contributed by atoms with Crippen molar-refractivity contribution in [3.05, 3.63) is 72.9 Å². The number of hydrogen-bond donors (Lipinski definition) is 1. The molecule has 0 radical (unpaired) electrons. The molecule has 0 spiro atoms. The average molecular weight is 330 g/mol. The molecule has 0 aliphatic rings. The summed E-state index contributed by atoms with van der Waals surface area (Å²) in [4.78, 5) is 4.66. The predicted molar refractivity (Wildman–Crippen MR) is 94.0 cm³/mol. The van der Waals surface area contributed by atoms with Gasteiger partial charge in [0.15, 0.2) is 5.76 Å². The van der Waals surface area contributed by atoms with E-state index in [1.807, 2.05) is 59.3 Å². The number of aromatic nitrogens is 2. The van der Waals surface area contributed by atoms with Gasteiger partial charge in [0.05, 0.1) is 6.26 Å². The Morgan fingerprint density at radius 3 is 2.80 bits per heavy atom. The summed E-state index contributed by atoms with van der Waals surface area (Å²) in [7, 11) is 0. The van der Waals surface area contributed by atoms with Crippen LogP contribution in [0, 0.1) is 0 Å². The number of aliphatic hydroxyl groups is 1. The average Bonchev–Trinajstić information content (AvgIpc) is 3.37. The summed E-state index contributed by atoms with van der Waals surface area (Å²) in [5, 5.41) is 11.2. The number of imidazole rings is 1. The van der Waals surface area contributed by atoms with Gasteiger partial charge in [-0.3, -0.25) is 0 Å². The van der Waals surface area contributed by atoms with Crippen molar-refractivity contribution >= 4 is 16.4 Å². The minimum absolute atomic E-state index is 0.108. The van der Waals surface area contributed by atoms with Crippen molar-refractivity contribution in [1.29, 1.82) is 0 Å². The molecule has 5 heteroatoms. The second-order valence-electron chi connectivity index (χ2n) is 5.89. The molecule has 122 valence electrons. The minimum Gasteiger partial charge on any atom is -0.461 e. The third kappa shape index (κ3) is 2.25. The monoisotopic (exact) mass is 330 g/mol. The molecule has 4 heterocycles. The van der Waals surface area contributed by atoms with Crippen LogP contribution in [-0.2, 0) is 6.61 Å². The lowest BCUT2D eigenvalue weighted by atomic mass is 10.1. The molecule has 0 atom stereocenters. The highest BCUT2D eigenvalue weighted by Gasteiger charge is 2.13. The Bertz CT molecular complexity index is 1200. The van der Waals surface area contributed by atoms with Gasteiger partial charge in [-0.1, -0.05) is 24.3 Å². The SMILES string of the molecule is OCc1ccc(-c2ccc3nc(-c4occ5ccccc45)cn3c2)o1. The first-order valence-corrected chi connectivity index (χ1v) is 7.97. The summed E-state index contributed by atoms with van der Waals surface area (Å²) in [6, 6.07) is 15.5. The Morgan fingerprint density at radius 2 is 1.92 bits per heavy atom. The molecule has 25 heavy (non-hydrogen) atoms. The van der Waals surface area contributed by atoms with Crippen LogP contribution in [0.25, 0.3) is 39.2 Å². The Labute approximate surface area is 142 Å². The summed E-state index contributed by atoms with van der Waals surface area (Å²) >= 11 is 0. The van der Waals surface area contributed by atoms with Gasteiger partial charge in [-0.25, -0.2) is 4.98 Å². The largest absolute Gasteiger partial charge is 0.461 e. The number of nitrogens with zero attached hydrogens (tertiary/aromatic N) is 2. The van der Waals surface area contributed by atoms with Crippen molar-refractivity contribution in [3.8, 4) is 22.8 Å². The maximum atomic E-state index is 9.15. The molecule has 5 rings (SSSR count). The van der Waals surface area contributed by atoms with Crippen molar-refractivity contribution in [2.75, 3.05) is 0 Å². The zero-order chi connectivity index (χ0) is 16.8. The van der Waals surface area contributed by atoms with Gasteiger partial charge in [0.25, 0.3) is 0 Å². The van der Waals surface area contributed by atoms with E-state index in [1.54, 1.807) is 12.3 Å². The molecule has 0 fully saturated rings. The highest BCUT2D eigenvalue weighted by atomic mass is 16.4. The van der Waals surface area contributed by atoms with Gasteiger partial charge < -0.3 is 18.3 Å². The van der Waals surface area contributed by atoms with E-state index < -0.39 is 0 Å². The normalized spacial score (nSPS) is 11.6. The third-order valence-corrected chi connectivity index (χ3v) is 4.29. The maximum absolute atomic E-state index is 9.15. The molecule has 0 saturated carbocycles. The van der Waals surface area contributed by atoms with Crippen LogP contribution in [0.5, 0.6) is 0 Å². The number of rotatable bonds is 3. The van der Waals surface area contributed by atoms with E-state index in [9.17, 15) is 0 Å². The molecular weight excluding hydrogens is 316 g/mol. The molecule has 1 aromatic carbocycles. The molecule has 4 aromatic heterocycles. The Hall–Kier alpha value is -3.31. The molecule has 1 N–H and O–H groups in total. The molecule has 0 aliphatic carbocycles. The highest BCUT2D eigenvalue weighted by Crippen LogP contribution is 2.30. The molecule has 5 nitrogen and oxygen atoms in total. The van der Waals surface area contributed by atoms with Crippen LogP contribution < -0.4 is 0 Å². The van der Waals surface area contributed by atoms with Crippen molar-refractivity contribution in [1.82, 2.24) is 9.38 Å². The zero-order valence-corrected chi connectivity index (χ0v) is 13.2. The summed E-state index contributed by atoms with van der Waals surface area (Å²) in [6.45, 7) is -0.108. The van der Waals surface area contributed by atoms with Crippen LogP contribution in [-0.4, -0.2) is 14.5 Å². The standard InChI is InChI=1S/C20H14N2O3/c23-11-15-6-7-18(25-15)13-5-8-19-21-17(10-22(19)9-13)20-16-4-2-1-3-14(16)12-24-20/h1-10,12,23H,11H2. The van der Waals surface area contributed by atoms with E-state index in [-0.39, 0.29) is 6.61 Å². The van der Waals surface area contributed by atoms with E-state index in [2.05, 4.69) is 4.98 Å². The van der Waals surface area contributed by atoms with E-state index in [0.717, 1.165) is 33.4 Å². The number of fused-ring (bicyclic) bond motifs is 2. The van der Waals surface area contributed by atoms with Gasteiger partial charge in [0.2, 0.25) is 0 Å². The first kappa shape index (κ1) is 14.1. The minimum atomic E-state index is -0.108. The fourth-order valence-corrected chi connectivity index (χ4v) is 3.06. The van der Waals surface area contributed by atoms with Crippen molar-refractivity contribution in [3.63, 3.8) is 0 Å². The van der Waals surface area contributed by atoms with Crippen LogP contribution in [0.3, 0.4) is 0 Å². The van der Waals surface area contributed by atoms with Gasteiger partial charge in [-0.05, 0) is 24.3 Å². The Balaban J connectivity index is 1.62. The van der Waals surface area contributed by atoms with Gasteiger partial charge in [-0.15, -0.1) is 0 Å². The predicted octanol–water partition coefficient (Wildman–Crippen LogP) is 4.50. The quantitative estimate of drug-likeness (QED) is 0.529. The van der Waals surface area contributed by atoms with Crippen molar-refractivity contribution in [2.24, 2.45) is 0 Å². The van der Waals surface area contributed by atoms with Gasteiger partial charge in [-0.2, -0.15) is 0 Å². The van der Waals surface area contributed by atoms with Gasteiger partial charge >= 0.3 is 0 Å². The topological polar surface area (TPSA) is 63.8 Å². The lowest BCUT2D eigenvalue weighted by Gasteiger charge is -1.98. The fourth-order valence-electron chi connectivity index (χ4n) is 3.06. The van der Waals surface area contributed by atoms with Crippen LogP contribution in [0.1, 0.15) is 5.76 Å². The lowest BCUT2D eigenvalue weighted by Crippen LogP contribution is -1.84. The van der Waals surface area contributed by atoms with Crippen LogP contribution >= 0.6 is 0 Å². The second kappa shape index (κ2) is 5.36. The van der Waals surface area contributed by atoms with Gasteiger partial charge in [0, 0.05) is 28.7 Å². The lowest BCUT2D eigenvalue weighted by molar-refractivity contribution is 0.248. The third-order valence-electron chi connectivity index (χ3n) is 4.29. The summed E-state index contributed by atoms with van der Waals surface area (Å²) in [6.07, 6.45) is 5.65. The van der Waals surface area contributed by atoms with E-state index in [4.69, 9.17) is 13.9 Å². The van der Waals surface area contributed by atoms with Crippen molar-refractivity contribution < 1.29 is 13.9 Å². The molecular formula is C20H14N2O3. The number of furan rings is 2. The highest BCUT2D eigenvalue weighted by molar-refractivity contribution is 5.93. The second-order valence-corrected chi connectivity index (χ2v) is 5.89. The molecule has 0 amide bonds. The van der Waals surface area contributed by atoms with E-state index >= 15 is 0 Å². The summed E-state index contributed by atoms with van der Waals surface area (Å²) < 4.78 is 13.3. The molecule has 0 bridgehead atoms. The number of pyridine rings is 1. The Kier molecular flexibility index (Phi) is 3.02. The van der Waals surface area contributed by atoms with E-state index in [1.165, 1.54) is 0 Å². The first-order valence-electron chi connectivity index (χ1n) is 7.97. The molecule has 5 aromatic rings. The van der Waals surface area contributed by atoms with Crippen LogP contribution in [0.15, 0.2) is 76.0 Å². The zero-order valence-electron chi connectivity index (χ0n) is 13.2.